The van der Waals surface area contributed by atoms with E-state index in [9.17, 15) is 9.59 Å². The smallest absolute Gasteiger partial charge is 0.305 e. The van der Waals surface area contributed by atoms with Crippen LogP contribution in [0.5, 0.6) is 0 Å². The molecule has 1 amide bonds. The van der Waals surface area contributed by atoms with E-state index in [-0.39, 0.29) is 18.2 Å². The second-order valence-corrected chi connectivity index (χ2v) is 6.25. The molecular weight excluding hydrogens is 292 g/mol. The number of aromatic nitrogens is 1. The van der Waals surface area contributed by atoms with E-state index in [4.69, 9.17) is 5.11 Å². The summed E-state index contributed by atoms with van der Waals surface area (Å²) < 4.78 is 0. The van der Waals surface area contributed by atoms with Gasteiger partial charge >= 0.3 is 5.97 Å². The van der Waals surface area contributed by atoms with Crippen molar-refractivity contribution in [1.29, 1.82) is 0 Å². The average Bonchev–Trinajstić information content (AvgIpc) is 2.97. The number of aromatic amines is 1. The van der Waals surface area contributed by atoms with E-state index in [1.54, 1.807) is 13.0 Å². The summed E-state index contributed by atoms with van der Waals surface area (Å²) in [4.78, 5) is 26.6. The van der Waals surface area contributed by atoms with Crippen molar-refractivity contribution in [3.05, 3.63) is 48.2 Å². The van der Waals surface area contributed by atoms with Crippen molar-refractivity contribution in [3.63, 3.8) is 0 Å². The van der Waals surface area contributed by atoms with Gasteiger partial charge in [-0.15, -0.1) is 0 Å². The number of amides is 1. The molecule has 3 N–H and O–H groups in total. The first-order valence-electron chi connectivity index (χ1n) is 7.60. The van der Waals surface area contributed by atoms with Gasteiger partial charge in [-0.3, -0.25) is 9.59 Å². The zero-order chi connectivity index (χ0) is 17.0. The summed E-state index contributed by atoms with van der Waals surface area (Å²) in [6.07, 6.45) is -0.122. The highest BCUT2D eigenvalue weighted by Gasteiger charge is 2.33. The largest absolute Gasteiger partial charge is 0.481 e. The van der Waals surface area contributed by atoms with Crippen LogP contribution in [0.2, 0.25) is 0 Å². The summed E-state index contributed by atoms with van der Waals surface area (Å²) in [5.74, 6) is -1.24. The Morgan fingerprint density at radius 2 is 1.83 bits per heavy atom. The molecule has 0 aliphatic carbocycles. The van der Waals surface area contributed by atoms with Gasteiger partial charge in [-0.05, 0) is 30.5 Å². The van der Waals surface area contributed by atoms with E-state index >= 15 is 0 Å². The quantitative estimate of drug-likeness (QED) is 0.765. The van der Waals surface area contributed by atoms with Crippen molar-refractivity contribution in [2.45, 2.75) is 32.7 Å². The molecule has 0 fully saturated rings. The fourth-order valence-electron chi connectivity index (χ4n) is 2.35. The Morgan fingerprint density at radius 3 is 2.39 bits per heavy atom. The van der Waals surface area contributed by atoms with Crippen LogP contribution in [0.1, 0.15) is 37.7 Å². The first kappa shape index (κ1) is 16.8. The maximum Gasteiger partial charge on any atom is 0.305 e. The van der Waals surface area contributed by atoms with Gasteiger partial charge in [0.25, 0.3) is 5.91 Å². The Labute approximate surface area is 135 Å². The third kappa shape index (κ3) is 4.00. The van der Waals surface area contributed by atoms with Crippen molar-refractivity contribution < 1.29 is 14.7 Å². The maximum absolute atomic E-state index is 12.5. The van der Waals surface area contributed by atoms with Crippen LogP contribution in [0.15, 0.2) is 42.5 Å². The summed E-state index contributed by atoms with van der Waals surface area (Å²) >= 11 is 0. The Hall–Kier alpha value is -2.56. The predicted molar refractivity (Wildman–Crippen MR) is 89.2 cm³/mol. The van der Waals surface area contributed by atoms with Crippen LogP contribution in [0.3, 0.4) is 0 Å². The molecule has 5 nitrogen and oxygen atoms in total. The minimum absolute atomic E-state index is 0.00824. The van der Waals surface area contributed by atoms with Gasteiger partial charge in [0, 0.05) is 5.69 Å². The fourth-order valence-corrected chi connectivity index (χ4v) is 2.35. The number of rotatable bonds is 6. The molecule has 0 saturated heterocycles. The number of aliphatic carboxylic acids is 1. The number of carboxylic acids is 1. The van der Waals surface area contributed by atoms with Crippen molar-refractivity contribution in [3.8, 4) is 11.3 Å². The van der Waals surface area contributed by atoms with Gasteiger partial charge in [0.1, 0.15) is 5.69 Å². The fraction of sp³-hybridized carbons (Fsp3) is 0.333. The summed E-state index contributed by atoms with van der Waals surface area (Å²) in [6.45, 7) is 5.55. The van der Waals surface area contributed by atoms with Gasteiger partial charge in [0.05, 0.1) is 12.0 Å². The lowest BCUT2D eigenvalue weighted by atomic mass is 9.85. The molecule has 2 rings (SSSR count). The Bertz CT molecular complexity index is 691. The van der Waals surface area contributed by atoms with E-state index in [1.807, 2.05) is 50.2 Å². The SMILES string of the molecule is CC(C)C(C)(CC(=O)O)NC(=O)c1ccc(-c2ccccc2)[nH]1. The first-order valence-corrected chi connectivity index (χ1v) is 7.60. The molecule has 122 valence electrons. The summed E-state index contributed by atoms with van der Waals surface area (Å²) in [6, 6.07) is 13.2. The molecule has 1 heterocycles. The summed E-state index contributed by atoms with van der Waals surface area (Å²) in [5, 5.41) is 11.9. The highest BCUT2D eigenvalue weighted by molar-refractivity contribution is 5.94. The van der Waals surface area contributed by atoms with Crippen LogP contribution in [0, 0.1) is 5.92 Å². The molecule has 0 aliphatic heterocycles. The highest BCUT2D eigenvalue weighted by Crippen LogP contribution is 2.22. The molecule has 0 aliphatic rings. The van der Waals surface area contributed by atoms with Crippen LogP contribution in [0.4, 0.5) is 0 Å². The lowest BCUT2D eigenvalue weighted by molar-refractivity contribution is -0.138. The highest BCUT2D eigenvalue weighted by atomic mass is 16.4. The van der Waals surface area contributed by atoms with Crippen LogP contribution in [-0.4, -0.2) is 27.5 Å². The second kappa shape index (κ2) is 6.69. The third-order valence-corrected chi connectivity index (χ3v) is 4.21. The molecule has 1 unspecified atom stereocenters. The van der Waals surface area contributed by atoms with E-state index in [2.05, 4.69) is 10.3 Å². The van der Waals surface area contributed by atoms with Crippen LogP contribution < -0.4 is 5.32 Å². The number of H-pyrrole nitrogens is 1. The molecule has 2 aromatic rings. The maximum atomic E-state index is 12.5. The molecule has 0 bridgehead atoms. The van der Waals surface area contributed by atoms with Crippen LogP contribution in [-0.2, 0) is 4.79 Å². The second-order valence-electron chi connectivity index (χ2n) is 6.25. The van der Waals surface area contributed by atoms with Gasteiger partial charge < -0.3 is 15.4 Å². The third-order valence-electron chi connectivity index (χ3n) is 4.21. The van der Waals surface area contributed by atoms with Crippen LogP contribution in [0.25, 0.3) is 11.3 Å². The summed E-state index contributed by atoms with van der Waals surface area (Å²) in [5.41, 5.74) is 1.45. The molecule has 1 aromatic heterocycles. The number of carbonyl (C=O) groups is 2. The van der Waals surface area contributed by atoms with Crippen molar-refractivity contribution in [2.24, 2.45) is 5.92 Å². The molecule has 23 heavy (non-hydrogen) atoms. The number of hydrogen-bond donors (Lipinski definition) is 3. The van der Waals surface area contributed by atoms with E-state index < -0.39 is 11.5 Å². The molecule has 0 saturated carbocycles. The number of benzene rings is 1. The van der Waals surface area contributed by atoms with Gasteiger partial charge in [-0.25, -0.2) is 0 Å². The average molecular weight is 314 g/mol. The van der Waals surface area contributed by atoms with Crippen molar-refractivity contribution in [2.75, 3.05) is 0 Å². The van der Waals surface area contributed by atoms with Gasteiger partial charge in [-0.1, -0.05) is 44.2 Å². The number of hydrogen-bond acceptors (Lipinski definition) is 2. The zero-order valence-corrected chi connectivity index (χ0v) is 13.6. The topological polar surface area (TPSA) is 82.2 Å². The standard InChI is InChI=1S/C18H22N2O3/c1-12(2)18(3,11-16(21)22)20-17(23)15-10-9-14(19-15)13-7-5-4-6-8-13/h4-10,12,19H,11H2,1-3H3,(H,20,23)(H,21,22). The molecule has 0 spiro atoms. The first-order chi connectivity index (χ1) is 10.8. The Kier molecular flexibility index (Phi) is 4.89. The van der Waals surface area contributed by atoms with Crippen LogP contribution >= 0.6 is 0 Å². The van der Waals surface area contributed by atoms with Crippen molar-refractivity contribution >= 4 is 11.9 Å². The van der Waals surface area contributed by atoms with Gasteiger partial charge in [-0.2, -0.15) is 0 Å². The lowest BCUT2D eigenvalue weighted by Crippen LogP contribution is -2.51. The molecule has 5 heteroatoms. The molecule has 0 radical (unpaired) electrons. The molecule has 1 aromatic carbocycles. The number of carbonyl (C=O) groups excluding carboxylic acids is 1. The van der Waals surface area contributed by atoms with E-state index in [0.29, 0.717) is 5.69 Å². The normalized spacial score (nSPS) is 13.6. The number of nitrogens with one attached hydrogen (secondary N) is 2. The van der Waals surface area contributed by atoms with Gasteiger partial charge in [0.2, 0.25) is 0 Å². The minimum atomic E-state index is -0.932. The van der Waals surface area contributed by atoms with Gasteiger partial charge in [0.15, 0.2) is 0 Å². The Balaban J connectivity index is 2.17. The molecule has 1 atom stereocenters. The van der Waals surface area contributed by atoms with E-state index in [0.717, 1.165) is 11.3 Å². The summed E-state index contributed by atoms with van der Waals surface area (Å²) in [7, 11) is 0. The monoisotopic (exact) mass is 314 g/mol. The lowest BCUT2D eigenvalue weighted by Gasteiger charge is -2.33. The molecular formula is C18H22N2O3. The predicted octanol–water partition coefficient (Wildman–Crippen LogP) is 3.30. The van der Waals surface area contributed by atoms with Crippen molar-refractivity contribution in [1.82, 2.24) is 10.3 Å². The van der Waals surface area contributed by atoms with E-state index in [1.165, 1.54) is 0 Å². The Morgan fingerprint density at radius 1 is 1.17 bits per heavy atom. The zero-order valence-electron chi connectivity index (χ0n) is 13.6. The number of carboxylic acid groups (broad SMARTS) is 1. The minimum Gasteiger partial charge on any atom is -0.481 e.